The molecule has 0 spiro atoms. The van der Waals surface area contributed by atoms with Gasteiger partial charge in [0, 0.05) is 18.3 Å². The molecule has 0 aliphatic heterocycles. The molecule has 0 atom stereocenters. The molecule has 0 saturated carbocycles. The first kappa shape index (κ1) is 21.2. The third kappa shape index (κ3) is 4.39. The summed E-state index contributed by atoms with van der Waals surface area (Å²) >= 11 is 7.58. The second-order valence-corrected chi connectivity index (χ2v) is 9.68. The van der Waals surface area contributed by atoms with E-state index in [1.54, 1.807) is 17.7 Å². The van der Waals surface area contributed by atoms with Gasteiger partial charge in [0.25, 0.3) is 15.9 Å². The highest BCUT2D eigenvalue weighted by Gasteiger charge is 2.15. The van der Waals surface area contributed by atoms with Gasteiger partial charge in [-0.2, -0.15) is 4.99 Å². The molecule has 31 heavy (non-hydrogen) atoms. The summed E-state index contributed by atoms with van der Waals surface area (Å²) in [5.74, 6) is -0.994. The summed E-state index contributed by atoms with van der Waals surface area (Å²) in [7, 11) is -2.09. The van der Waals surface area contributed by atoms with Crippen LogP contribution in [0.2, 0.25) is 5.02 Å². The molecule has 0 aliphatic rings. The molecule has 4 rings (SSSR count). The van der Waals surface area contributed by atoms with Crippen LogP contribution in [0.1, 0.15) is 10.4 Å². The minimum atomic E-state index is -3.88. The van der Waals surface area contributed by atoms with E-state index in [1.807, 2.05) is 12.1 Å². The Morgan fingerprint density at radius 1 is 1.06 bits per heavy atom. The summed E-state index contributed by atoms with van der Waals surface area (Å²) in [6.07, 6.45) is 0. The minimum Gasteiger partial charge on any atom is -0.318 e. The van der Waals surface area contributed by atoms with E-state index in [1.165, 1.54) is 47.7 Å². The Bertz CT molecular complexity index is 1460. The van der Waals surface area contributed by atoms with Gasteiger partial charge in [-0.05, 0) is 60.7 Å². The third-order valence-electron chi connectivity index (χ3n) is 4.48. The minimum absolute atomic E-state index is 0.0695. The fourth-order valence-electron chi connectivity index (χ4n) is 2.92. The third-order valence-corrected chi connectivity index (χ3v) is 7.28. The molecule has 0 unspecified atom stereocenters. The largest absolute Gasteiger partial charge is 0.318 e. The molecular weight excluding hydrogens is 461 g/mol. The SMILES string of the molecule is Cn1c(=NC(=O)c2ccc(NS(=O)(=O)c3ccc(F)cc3)cc2)sc2cccc(Cl)c21. The van der Waals surface area contributed by atoms with Gasteiger partial charge < -0.3 is 4.57 Å². The van der Waals surface area contributed by atoms with Gasteiger partial charge in [-0.15, -0.1) is 0 Å². The Balaban J connectivity index is 1.58. The van der Waals surface area contributed by atoms with Crippen molar-refractivity contribution >= 4 is 54.8 Å². The van der Waals surface area contributed by atoms with Crippen LogP contribution >= 0.6 is 22.9 Å². The van der Waals surface area contributed by atoms with Crippen LogP contribution in [0.4, 0.5) is 10.1 Å². The molecule has 0 fully saturated rings. The fraction of sp³-hybridized carbons (Fsp3) is 0.0476. The van der Waals surface area contributed by atoms with Gasteiger partial charge in [0.2, 0.25) is 0 Å². The highest BCUT2D eigenvalue weighted by molar-refractivity contribution is 7.92. The summed E-state index contributed by atoms with van der Waals surface area (Å²) in [4.78, 5) is 17.2. The van der Waals surface area contributed by atoms with E-state index >= 15 is 0 Å². The number of nitrogens with zero attached hydrogens (tertiary/aromatic N) is 2. The standard InChI is InChI=1S/C21H15ClFN3O3S2/c1-26-19-17(22)3-2-4-18(19)30-21(26)24-20(27)13-5-9-15(10-6-13)25-31(28,29)16-11-7-14(23)8-12-16/h2-12,25H,1H3. The van der Waals surface area contributed by atoms with Crippen LogP contribution in [0.15, 0.2) is 76.6 Å². The molecule has 0 radical (unpaired) electrons. The zero-order chi connectivity index (χ0) is 22.2. The first-order chi connectivity index (χ1) is 14.7. The van der Waals surface area contributed by atoms with Crippen molar-refractivity contribution in [1.82, 2.24) is 4.57 Å². The van der Waals surface area contributed by atoms with E-state index in [-0.39, 0.29) is 10.6 Å². The molecule has 10 heteroatoms. The van der Waals surface area contributed by atoms with Crippen LogP contribution in [-0.4, -0.2) is 18.9 Å². The topological polar surface area (TPSA) is 80.5 Å². The summed E-state index contributed by atoms with van der Waals surface area (Å²) in [6.45, 7) is 0. The number of anilines is 1. The number of para-hydroxylation sites is 1. The zero-order valence-electron chi connectivity index (χ0n) is 16.0. The number of carbonyl (C=O) groups is 1. The lowest BCUT2D eigenvalue weighted by Crippen LogP contribution is -2.14. The Morgan fingerprint density at radius 3 is 2.39 bits per heavy atom. The van der Waals surface area contributed by atoms with Crippen LogP contribution in [0, 0.1) is 5.82 Å². The lowest BCUT2D eigenvalue weighted by atomic mass is 10.2. The van der Waals surface area contributed by atoms with Crippen LogP contribution in [0.3, 0.4) is 0 Å². The molecule has 1 aromatic heterocycles. The van der Waals surface area contributed by atoms with Crippen molar-refractivity contribution in [2.24, 2.45) is 12.0 Å². The van der Waals surface area contributed by atoms with Crippen molar-refractivity contribution < 1.29 is 17.6 Å². The van der Waals surface area contributed by atoms with E-state index in [2.05, 4.69) is 9.71 Å². The molecule has 1 heterocycles. The average molecular weight is 476 g/mol. The normalized spacial score (nSPS) is 12.3. The van der Waals surface area contributed by atoms with Gasteiger partial charge in [-0.25, -0.2) is 12.8 Å². The maximum atomic E-state index is 13.0. The molecule has 4 aromatic rings. The number of aromatic nitrogens is 1. The number of nitrogens with one attached hydrogen (secondary N) is 1. The Labute approximate surface area is 186 Å². The lowest BCUT2D eigenvalue weighted by Gasteiger charge is -2.08. The number of hydrogen-bond acceptors (Lipinski definition) is 4. The maximum absolute atomic E-state index is 13.0. The molecule has 1 amide bonds. The van der Waals surface area contributed by atoms with E-state index in [4.69, 9.17) is 11.6 Å². The molecule has 0 saturated heterocycles. The smallest absolute Gasteiger partial charge is 0.279 e. The molecule has 1 N–H and O–H groups in total. The quantitative estimate of drug-likeness (QED) is 0.469. The van der Waals surface area contributed by atoms with Crippen molar-refractivity contribution in [2.45, 2.75) is 4.90 Å². The number of thiazole rings is 1. The van der Waals surface area contributed by atoms with Crippen molar-refractivity contribution in [3.8, 4) is 0 Å². The molecule has 0 aliphatic carbocycles. The number of benzene rings is 3. The van der Waals surface area contributed by atoms with E-state index in [0.29, 0.717) is 15.4 Å². The van der Waals surface area contributed by atoms with Crippen LogP contribution in [0.25, 0.3) is 10.2 Å². The maximum Gasteiger partial charge on any atom is 0.279 e. The van der Waals surface area contributed by atoms with Crippen molar-refractivity contribution in [2.75, 3.05) is 4.72 Å². The number of fused-ring (bicyclic) bond motifs is 1. The summed E-state index contributed by atoms with van der Waals surface area (Å²) in [5, 5.41) is 0.572. The highest BCUT2D eigenvalue weighted by atomic mass is 35.5. The Hall–Kier alpha value is -3.01. The number of amides is 1. The first-order valence-corrected chi connectivity index (χ1v) is 11.6. The van der Waals surface area contributed by atoms with Gasteiger partial charge in [-0.1, -0.05) is 29.0 Å². The molecule has 0 bridgehead atoms. The van der Waals surface area contributed by atoms with Gasteiger partial charge >= 0.3 is 0 Å². The number of rotatable bonds is 4. The van der Waals surface area contributed by atoms with Crippen molar-refractivity contribution in [3.63, 3.8) is 0 Å². The van der Waals surface area contributed by atoms with E-state index in [9.17, 15) is 17.6 Å². The zero-order valence-corrected chi connectivity index (χ0v) is 18.4. The number of aryl methyl sites for hydroxylation is 1. The highest BCUT2D eigenvalue weighted by Crippen LogP contribution is 2.24. The van der Waals surface area contributed by atoms with Crippen LogP contribution in [-0.2, 0) is 17.1 Å². The first-order valence-electron chi connectivity index (χ1n) is 8.96. The molecular formula is C21H15ClFN3O3S2. The number of halogens is 2. The molecule has 6 nitrogen and oxygen atoms in total. The average Bonchev–Trinajstić information content (AvgIpc) is 3.05. The van der Waals surface area contributed by atoms with Crippen LogP contribution in [0.5, 0.6) is 0 Å². The van der Waals surface area contributed by atoms with Gasteiger partial charge in [0.15, 0.2) is 4.80 Å². The lowest BCUT2D eigenvalue weighted by molar-refractivity contribution is 0.0998. The summed E-state index contributed by atoms with van der Waals surface area (Å²) in [5.41, 5.74) is 1.36. The predicted molar refractivity (Wildman–Crippen MR) is 119 cm³/mol. The monoisotopic (exact) mass is 475 g/mol. The molecule has 158 valence electrons. The fourth-order valence-corrected chi connectivity index (χ4v) is 5.38. The Kier molecular flexibility index (Phi) is 5.65. The van der Waals surface area contributed by atoms with Crippen molar-refractivity contribution in [3.05, 3.63) is 87.9 Å². The second-order valence-electron chi connectivity index (χ2n) is 6.58. The van der Waals surface area contributed by atoms with Gasteiger partial charge in [0.05, 0.1) is 20.1 Å². The van der Waals surface area contributed by atoms with E-state index in [0.717, 1.165) is 22.3 Å². The summed E-state index contributed by atoms with van der Waals surface area (Å²) in [6, 6.07) is 15.9. The molecule has 3 aromatic carbocycles. The number of sulfonamides is 1. The van der Waals surface area contributed by atoms with E-state index < -0.39 is 21.7 Å². The number of carbonyl (C=O) groups excluding carboxylic acids is 1. The van der Waals surface area contributed by atoms with Gasteiger partial charge in [-0.3, -0.25) is 9.52 Å². The van der Waals surface area contributed by atoms with Gasteiger partial charge in [0.1, 0.15) is 5.82 Å². The number of hydrogen-bond donors (Lipinski definition) is 1. The summed E-state index contributed by atoms with van der Waals surface area (Å²) < 4.78 is 42.9. The predicted octanol–water partition coefficient (Wildman–Crippen LogP) is 4.57. The van der Waals surface area contributed by atoms with Crippen LogP contribution < -0.4 is 9.52 Å². The Morgan fingerprint density at radius 2 is 1.74 bits per heavy atom. The van der Waals surface area contributed by atoms with Crippen molar-refractivity contribution in [1.29, 1.82) is 0 Å². The second kappa shape index (κ2) is 8.26.